The summed E-state index contributed by atoms with van der Waals surface area (Å²) < 4.78 is 5.49. The molecule has 0 saturated heterocycles. The number of amides is 3. The van der Waals surface area contributed by atoms with E-state index in [0.29, 0.717) is 17.9 Å². The molecule has 3 aromatic rings. The van der Waals surface area contributed by atoms with Crippen LogP contribution in [0.4, 0.5) is 0 Å². The Balaban J connectivity index is 1.36. The summed E-state index contributed by atoms with van der Waals surface area (Å²) in [5, 5.41) is 9.26. The molecule has 0 saturated carbocycles. The van der Waals surface area contributed by atoms with Crippen molar-refractivity contribution in [2.75, 3.05) is 13.2 Å². The van der Waals surface area contributed by atoms with E-state index in [0.717, 1.165) is 17.5 Å². The van der Waals surface area contributed by atoms with Gasteiger partial charge in [-0.05, 0) is 54.3 Å². The number of ether oxygens (including phenoxy) is 1. The van der Waals surface area contributed by atoms with Gasteiger partial charge in [0.05, 0.1) is 12.3 Å². The average molecular weight is 473 g/mol. The first-order chi connectivity index (χ1) is 17.0. The molecule has 0 aliphatic rings. The van der Waals surface area contributed by atoms with Crippen molar-refractivity contribution in [2.24, 2.45) is 5.10 Å². The van der Waals surface area contributed by atoms with Crippen molar-refractivity contribution < 1.29 is 19.1 Å². The second-order valence-electron chi connectivity index (χ2n) is 7.75. The fourth-order valence-corrected chi connectivity index (χ4v) is 3.14. The number of nitrogens with one attached hydrogen (secondary N) is 3. The van der Waals surface area contributed by atoms with Crippen molar-refractivity contribution in [3.63, 3.8) is 0 Å². The maximum Gasteiger partial charge on any atom is 0.329 e. The summed E-state index contributed by atoms with van der Waals surface area (Å²) in [4.78, 5) is 35.9. The zero-order valence-electron chi connectivity index (χ0n) is 19.4. The molecule has 180 valence electrons. The first kappa shape index (κ1) is 25.2. The van der Waals surface area contributed by atoms with E-state index in [4.69, 9.17) is 4.74 Å². The van der Waals surface area contributed by atoms with Gasteiger partial charge in [0.1, 0.15) is 5.75 Å². The van der Waals surface area contributed by atoms with Gasteiger partial charge in [-0.25, -0.2) is 5.43 Å². The van der Waals surface area contributed by atoms with Gasteiger partial charge in [-0.1, -0.05) is 60.7 Å². The maximum absolute atomic E-state index is 12.0. The molecule has 0 spiro atoms. The SMILES string of the molecule is C[C@@H](NC(=O)C(=O)N/N=C\c1ccc(OCC(=O)NCCc2ccccc2)cc1)c1ccccc1. The van der Waals surface area contributed by atoms with Crippen molar-refractivity contribution in [1.82, 2.24) is 16.1 Å². The van der Waals surface area contributed by atoms with Crippen LogP contribution >= 0.6 is 0 Å². The topological polar surface area (TPSA) is 109 Å². The minimum Gasteiger partial charge on any atom is -0.484 e. The van der Waals surface area contributed by atoms with Crippen LogP contribution in [0.5, 0.6) is 5.75 Å². The molecule has 3 amide bonds. The molecule has 0 radical (unpaired) electrons. The second-order valence-corrected chi connectivity index (χ2v) is 7.75. The molecule has 0 aromatic heterocycles. The summed E-state index contributed by atoms with van der Waals surface area (Å²) in [5.74, 6) is -1.31. The van der Waals surface area contributed by atoms with Crippen molar-refractivity contribution >= 4 is 23.9 Å². The number of hydrogen-bond acceptors (Lipinski definition) is 5. The Labute approximate surface area is 204 Å². The third kappa shape index (κ3) is 8.77. The molecule has 0 aliphatic carbocycles. The molecule has 0 fully saturated rings. The third-order valence-electron chi connectivity index (χ3n) is 5.06. The summed E-state index contributed by atoms with van der Waals surface area (Å²) >= 11 is 0. The molecular weight excluding hydrogens is 444 g/mol. The lowest BCUT2D eigenvalue weighted by atomic mass is 10.1. The standard InChI is InChI=1S/C27H28N4O4/c1-20(23-10-6-3-7-11-23)30-26(33)27(34)31-29-18-22-12-14-24(15-13-22)35-19-25(32)28-17-16-21-8-4-2-5-9-21/h2-15,18,20H,16-17,19H2,1H3,(H,28,32)(H,30,33)(H,31,34)/b29-18-/t20-/m1/s1. The predicted molar refractivity (Wildman–Crippen MR) is 134 cm³/mol. The molecule has 0 unspecified atom stereocenters. The van der Waals surface area contributed by atoms with Crippen molar-refractivity contribution in [1.29, 1.82) is 0 Å². The monoisotopic (exact) mass is 472 g/mol. The zero-order valence-corrected chi connectivity index (χ0v) is 19.4. The van der Waals surface area contributed by atoms with Crippen LogP contribution in [0.1, 0.15) is 29.7 Å². The molecule has 1 atom stereocenters. The normalized spacial score (nSPS) is 11.5. The average Bonchev–Trinajstić information content (AvgIpc) is 2.89. The summed E-state index contributed by atoms with van der Waals surface area (Å²) in [7, 11) is 0. The highest BCUT2D eigenvalue weighted by Gasteiger charge is 2.16. The largest absolute Gasteiger partial charge is 0.484 e. The Bertz CT molecular complexity index is 1130. The summed E-state index contributed by atoms with van der Waals surface area (Å²) in [6.45, 7) is 2.24. The number of nitrogens with zero attached hydrogens (tertiary/aromatic N) is 1. The first-order valence-electron chi connectivity index (χ1n) is 11.2. The highest BCUT2D eigenvalue weighted by Crippen LogP contribution is 2.11. The number of carbonyl (C=O) groups is 3. The minimum atomic E-state index is -0.859. The molecule has 3 rings (SSSR count). The Hall–Kier alpha value is -4.46. The maximum atomic E-state index is 12.0. The Kier molecular flexibility index (Phi) is 9.56. The van der Waals surface area contributed by atoms with Crippen LogP contribution in [0.2, 0.25) is 0 Å². The number of hydrazone groups is 1. The quantitative estimate of drug-likeness (QED) is 0.239. The van der Waals surface area contributed by atoms with Crippen LogP contribution in [0.3, 0.4) is 0 Å². The van der Waals surface area contributed by atoms with Crippen LogP contribution in [-0.4, -0.2) is 37.1 Å². The van der Waals surface area contributed by atoms with Crippen molar-refractivity contribution in [3.05, 3.63) is 102 Å². The van der Waals surface area contributed by atoms with Gasteiger partial charge < -0.3 is 15.4 Å². The van der Waals surface area contributed by atoms with Gasteiger partial charge in [-0.15, -0.1) is 0 Å². The van der Waals surface area contributed by atoms with E-state index in [2.05, 4.69) is 21.2 Å². The molecule has 35 heavy (non-hydrogen) atoms. The molecule has 8 nitrogen and oxygen atoms in total. The van der Waals surface area contributed by atoms with Gasteiger partial charge in [-0.3, -0.25) is 14.4 Å². The van der Waals surface area contributed by atoms with Gasteiger partial charge in [0.15, 0.2) is 6.61 Å². The molecular formula is C27H28N4O4. The lowest BCUT2D eigenvalue weighted by Crippen LogP contribution is -2.39. The number of benzene rings is 3. The number of hydrogen-bond donors (Lipinski definition) is 3. The van der Waals surface area contributed by atoms with E-state index < -0.39 is 11.8 Å². The highest BCUT2D eigenvalue weighted by atomic mass is 16.5. The van der Waals surface area contributed by atoms with Crippen LogP contribution < -0.4 is 20.8 Å². The highest BCUT2D eigenvalue weighted by molar-refractivity contribution is 6.35. The van der Waals surface area contributed by atoms with Crippen LogP contribution in [0.15, 0.2) is 90.0 Å². The van der Waals surface area contributed by atoms with Gasteiger partial charge >= 0.3 is 11.8 Å². The summed E-state index contributed by atoms with van der Waals surface area (Å²) in [5.41, 5.74) is 4.94. The zero-order chi connectivity index (χ0) is 24.9. The number of rotatable bonds is 10. The molecule has 0 aliphatic heterocycles. The Morgan fingerprint density at radius 3 is 2.23 bits per heavy atom. The van der Waals surface area contributed by atoms with Gasteiger partial charge in [0, 0.05) is 6.54 Å². The predicted octanol–water partition coefficient (Wildman–Crippen LogP) is 2.75. The minimum absolute atomic E-state index is 0.0885. The number of carbonyl (C=O) groups excluding carboxylic acids is 3. The lowest BCUT2D eigenvalue weighted by Gasteiger charge is -2.13. The van der Waals surface area contributed by atoms with E-state index in [9.17, 15) is 14.4 Å². The van der Waals surface area contributed by atoms with Gasteiger partial charge in [-0.2, -0.15) is 5.10 Å². The van der Waals surface area contributed by atoms with E-state index >= 15 is 0 Å². The van der Waals surface area contributed by atoms with Gasteiger partial charge in [0.25, 0.3) is 5.91 Å². The van der Waals surface area contributed by atoms with E-state index in [1.54, 1.807) is 31.2 Å². The van der Waals surface area contributed by atoms with E-state index in [1.165, 1.54) is 6.21 Å². The van der Waals surface area contributed by atoms with E-state index in [-0.39, 0.29) is 18.6 Å². The van der Waals surface area contributed by atoms with Crippen molar-refractivity contribution in [2.45, 2.75) is 19.4 Å². The molecule has 0 bridgehead atoms. The lowest BCUT2D eigenvalue weighted by molar-refractivity contribution is -0.139. The summed E-state index contributed by atoms with van der Waals surface area (Å²) in [6, 6.07) is 25.8. The Morgan fingerprint density at radius 2 is 1.54 bits per heavy atom. The molecule has 8 heteroatoms. The molecule has 3 N–H and O–H groups in total. The van der Waals surface area contributed by atoms with Crippen molar-refractivity contribution in [3.8, 4) is 5.75 Å². The van der Waals surface area contributed by atoms with Crippen LogP contribution in [0.25, 0.3) is 0 Å². The van der Waals surface area contributed by atoms with Crippen LogP contribution in [-0.2, 0) is 20.8 Å². The fourth-order valence-electron chi connectivity index (χ4n) is 3.14. The summed E-state index contributed by atoms with van der Waals surface area (Å²) in [6.07, 6.45) is 2.16. The fraction of sp³-hybridized carbons (Fsp3) is 0.185. The first-order valence-corrected chi connectivity index (χ1v) is 11.2. The smallest absolute Gasteiger partial charge is 0.329 e. The molecule has 0 heterocycles. The van der Waals surface area contributed by atoms with Crippen LogP contribution in [0, 0.1) is 0 Å². The second kappa shape index (κ2) is 13.3. The Morgan fingerprint density at radius 1 is 0.886 bits per heavy atom. The van der Waals surface area contributed by atoms with E-state index in [1.807, 2.05) is 60.7 Å². The molecule has 3 aromatic carbocycles. The third-order valence-corrected chi connectivity index (χ3v) is 5.06. The van der Waals surface area contributed by atoms with Gasteiger partial charge in [0.2, 0.25) is 0 Å².